The van der Waals surface area contributed by atoms with Crippen LogP contribution in [0.1, 0.15) is 66.9 Å². The number of hydrogen-bond acceptors (Lipinski definition) is 11. The van der Waals surface area contributed by atoms with Crippen LogP contribution in [0.2, 0.25) is 10.0 Å². The average Bonchev–Trinajstić information content (AvgIpc) is 2.87. The molecular formula is C27H36Cl2FN2O9P. The second-order valence-electron chi connectivity index (χ2n) is 11.5. The molecule has 0 unspecified atom stereocenters. The van der Waals surface area contributed by atoms with Crippen LogP contribution in [0.25, 0.3) is 0 Å². The Morgan fingerprint density at radius 2 is 1.52 bits per heavy atom. The van der Waals surface area contributed by atoms with Gasteiger partial charge in [0.1, 0.15) is 27.8 Å². The molecule has 2 rings (SSSR count). The van der Waals surface area contributed by atoms with Gasteiger partial charge in [-0.05, 0) is 65.7 Å². The molecule has 0 bridgehead atoms. The number of carbonyl (C=O) groups is 2. The van der Waals surface area contributed by atoms with E-state index >= 15 is 0 Å². The lowest BCUT2D eigenvalue weighted by molar-refractivity contribution is -0.162. The first-order valence-corrected chi connectivity index (χ1v) is 15.2. The van der Waals surface area contributed by atoms with Crippen molar-refractivity contribution in [3.05, 3.63) is 39.8 Å². The minimum atomic E-state index is -4.24. The van der Waals surface area contributed by atoms with Gasteiger partial charge in [0.25, 0.3) is 0 Å². The van der Waals surface area contributed by atoms with Crippen molar-refractivity contribution in [3.63, 3.8) is 0 Å². The molecule has 0 radical (unpaired) electrons. The molecule has 0 aliphatic rings. The van der Waals surface area contributed by atoms with Crippen molar-refractivity contribution in [2.75, 3.05) is 25.2 Å². The molecule has 2 aromatic rings. The second kappa shape index (κ2) is 14.2. The summed E-state index contributed by atoms with van der Waals surface area (Å²) in [6.07, 6.45) is -0.670. The zero-order valence-electron chi connectivity index (χ0n) is 24.7. The van der Waals surface area contributed by atoms with Gasteiger partial charge in [-0.2, -0.15) is 9.37 Å². The van der Waals surface area contributed by atoms with Gasteiger partial charge in [-0.3, -0.25) is 23.2 Å². The van der Waals surface area contributed by atoms with Gasteiger partial charge >= 0.3 is 19.5 Å². The highest BCUT2D eigenvalue weighted by atomic mass is 35.5. The number of rotatable bonds is 12. The molecule has 0 saturated heterocycles. The maximum Gasteiger partial charge on any atom is 0.355 e. The van der Waals surface area contributed by atoms with E-state index in [1.54, 1.807) is 47.6 Å². The van der Waals surface area contributed by atoms with Crippen LogP contribution in [-0.4, -0.2) is 41.9 Å². The monoisotopic (exact) mass is 652 g/mol. The maximum absolute atomic E-state index is 14.7. The number of phenols is 1. The molecular weight excluding hydrogens is 617 g/mol. The number of pyridine rings is 1. The van der Waals surface area contributed by atoms with Crippen LogP contribution in [0.5, 0.6) is 17.2 Å². The lowest BCUT2D eigenvalue weighted by Crippen LogP contribution is -2.25. The summed E-state index contributed by atoms with van der Waals surface area (Å²) < 4.78 is 54.4. The molecule has 1 aromatic carbocycles. The molecule has 15 heteroatoms. The number of halogens is 3. The van der Waals surface area contributed by atoms with Crippen molar-refractivity contribution in [1.82, 2.24) is 4.98 Å². The van der Waals surface area contributed by atoms with E-state index in [0.29, 0.717) is 5.56 Å². The van der Waals surface area contributed by atoms with Crippen LogP contribution in [0, 0.1) is 16.8 Å². The SMILES string of the molecule is CC(C)c1cc(Oc2c(Cl)c(F)nc(NCP(=O)(OCOC(=O)C(C)(C)C)OCOC(=O)C(C)(C)C)c2Cl)ccc1O. The Bertz CT molecular complexity index is 1310. The number of esters is 2. The first kappa shape index (κ1) is 35.6. The van der Waals surface area contributed by atoms with Crippen LogP contribution >= 0.6 is 30.8 Å². The van der Waals surface area contributed by atoms with Crippen molar-refractivity contribution in [2.45, 2.75) is 61.3 Å². The smallest absolute Gasteiger partial charge is 0.355 e. The highest BCUT2D eigenvalue weighted by Gasteiger charge is 2.31. The third kappa shape index (κ3) is 9.98. The molecule has 1 heterocycles. The van der Waals surface area contributed by atoms with Gasteiger partial charge in [0.2, 0.25) is 19.5 Å². The summed E-state index contributed by atoms with van der Waals surface area (Å²) in [4.78, 5) is 27.8. The molecule has 2 N–H and O–H groups in total. The first-order chi connectivity index (χ1) is 19.2. The third-order valence-electron chi connectivity index (χ3n) is 5.38. The van der Waals surface area contributed by atoms with Crippen LogP contribution < -0.4 is 10.1 Å². The van der Waals surface area contributed by atoms with E-state index in [2.05, 4.69) is 10.3 Å². The minimum Gasteiger partial charge on any atom is -0.508 e. The number of ether oxygens (including phenoxy) is 3. The third-order valence-corrected chi connectivity index (χ3v) is 7.60. The zero-order valence-corrected chi connectivity index (χ0v) is 27.1. The first-order valence-electron chi connectivity index (χ1n) is 12.8. The van der Waals surface area contributed by atoms with Crippen LogP contribution in [-0.2, 0) is 32.7 Å². The van der Waals surface area contributed by atoms with E-state index < -0.39 is 61.2 Å². The quantitative estimate of drug-likeness (QED) is 0.100. The topological polar surface area (TPSA) is 143 Å². The number of aromatic nitrogens is 1. The summed E-state index contributed by atoms with van der Waals surface area (Å²) in [5.74, 6) is -2.86. The Balaban J connectivity index is 2.29. The minimum absolute atomic E-state index is 0.0506. The Kier molecular flexibility index (Phi) is 12.0. The molecule has 0 fully saturated rings. The molecule has 0 saturated carbocycles. The van der Waals surface area contributed by atoms with Crippen molar-refractivity contribution < 1.29 is 46.9 Å². The zero-order chi connectivity index (χ0) is 32.0. The molecule has 0 aliphatic carbocycles. The molecule has 0 aliphatic heterocycles. The van der Waals surface area contributed by atoms with Gasteiger partial charge in [-0.25, -0.2) is 0 Å². The van der Waals surface area contributed by atoms with Crippen LogP contribution in [0.15, 0.2) is 18.2 Å². The molecule has 11 nitrogen and oxygen atoms in total. The van der Waals surface area contributed by atoms with Gasteiger partial charge in [0.15, 0.2) is 11.6 Å². The molecule has 0 atom stereocenters. The van der Waals surface area contributed by atoms with Crippen molar-refractivity contribution in [3.8, 4) is 17.2 Å². The summed E-state index contributed by atoms with van der Waals surface area (Å²) in [5, 5.41) is 11.9. The van der Waals surface area contributed by atoms with E-state index in [1.165, 1.54) is 12.1 Å². The Labute approximate surface area is 254 Å². The normalized spacial score (nSPS) is 12.3. The summed E-state index contributed by atoms with van der Waals surface area (Å²) in [6, 6.07) is 4.39. The summed E-state index contributed by atoms with van der Waals surface area (Å²) >= 11 is 12.5. The predicted molar refractivity (Wildman–Crippen MR) is 156 cm³/mol. The van der Waals surface area contributed by atoms with E-state index in [1.807, 2.05) is 13.8 Å². The highest BCUT2D eigenvalue weighted by Crippen LogP contribution is 2.49. The van der Waals surface area contributed by atoms with Crippen molar-refractivity contribution >= 4 is 48.6 Å². The molecule has 0 spiro atoms. The fourth-order valence-corrected chi connectivity index (χ4v) is 4.42. The van der Waals surface area contributed by atoms with E-state index in [9.17, 15) is 23.7 Å². The lowest BCUT2D eigenvalue weighted by Gasteiger charge is -2.22. The number of carbonyl (C=O) groups excluding carboxylic acids is 2. The van der Waals surface area contributed by atoms with E-state index in [4.69, 9.17) is 46.5 Å². The fraction of sp³-hybridized carbons (Fsp3) is 0.519. The number of hydrogen-bond donors (Lipinski definition) is 2. The van der Waals surface area contributed by atoms with E-state index in [-0.39, 0.29) is 34.0 Å². The van der Waals surface area contributed by atoms with Gasteiger partial charge in [0.05, 0.1) is 10.8 Å². The van der Waals surface area contributed by atoms with Crippen LogP contribution in [0.4, 0.5) is 10.2 Å². The van der Waals surface area contributed by atoms with Crippen molar-refractivity contribution in [1.29, 1.82) is 0 Å². The van der Waals surface area contributed by atoms with Gasteiger partial charge < -0.3 is 24.6 Å². The number of nitrogens with zero attached hydrogens (tertiary/aromatic N) is 1. The number of anilines is 1. The molecule has 0 amide bonds. The van der Waals surface area contributed by atoms with Gasteiger partial charge in [0, 0.05) is 5.56 Å². The molecule has 42 heavy (non-hydrogen) atoms. The summed E-state index contributed by atoms with van der Waals surface area (Å²) in [7, 11) is -4.24. The lowest BCUT2D eigenvalue weighted by atomic mass is 9.98. The maximum atomic E-state index is 14.7. The Morgan fingerprint density at radius 1 is 1.00 bits per heavy atom. The molecule has 234 valence electrons. The number of nitrogens with one attached hydrogen (secondary N) is 1. The highest BCUT2D eigenvalue weighted by molar-refractivity contribution is 7.53. The Morgan fingerprint density at radius 3 is 2.00 bits per heavy atom. The summed E-state index contributed by atoms with van der Waals surface area (Å²) in [6.45, 7) is 11.9. The van der Waals surface area contributed by atoms with E-state index in [0.717, 1.165) is 0 Å². The number of benzene rings is 1. The fourth-order valence-electron chi connectivity index (χ4n) is 2.93. The number of aromatic hydroxyl groups is 1. The van der Waals surface area contributed by atoms with Gasteiger partial charge in [-0.1, -0.05) is 37.0 Å². The van der Waals surface area contributed by atoms with Crippen molar-refractivity contribution in [2.24, 2.45) is 10.8 Å². The largest absolute Gasteiger partial charge is 0.508 e. The summed E-state index contributed by atoms with van der Waals surface area (Å²) in [5.41, 5.74) is -1.16. The average molecular weight is 653 g/mol. The Hall–Kier alpha value is -2.63. The second-order valence-corrected chi connectivity index (χ2v) is 14.3. The number of phenolic OH excluding ortho intramolecular Hbond substituents is 1. The van der Waals surface area contributed by atoms with Gasteiger partial charge in [-0.15, -0.1) is 0 Å². The van der Waals surface area contributed by atoms with Crippen LogP contribution in [0.3, 0.4) is 0 Å². The standard InChI is InChI=1S/C27H36Cl2FN2O9P/c1-15(2)17-11-16(9-10-18(17)33)41-21-19(28)22(30)32-23(20(21)29)31-12-42(36,39-13-37-24(34)26(3,4)5)40-14-38-25(35)27(6,7)8/h9-11,15,33H,12-14H2,1-8H3,(H,31,32). The molecule has 1 aromatic heterocycles. The predicted octanol–water partition coefficient (Wildman–Crippen LogP) is 7.84.